The predicted octanol–water partition coefficient (Wildman–Crippen LogP) is 3.01. The van der Waals surface area contributed by atoms with Gasteiger partial charge in [-0.05, 0) is 49.7 Å². The summed E-state index contributed by atoms with van der Waals surface area (Å²) in [5, 5.41) is 4.61. The Morgan fingerprint density at radius 2 is 1.92 bits per heavy atom. The van der Waals surface area contributed by atoms with Crippen molar-refractivity contribution in [1.29, 1.82) is 0 Å². The zero-order valence-electron chi connectivity index (χ0n) is 15.2. The van der Waals surface area contributed by atoms with Gasteiger partial charge in [-0.15, -0.1) is 11.3 Å². The van der Waals surface area contributed by atoms with Crippen LogP contribution in [0.4, 0.5) is 5.69 Å². The number of sulfonamides is 1. The summed E-state index contributed by atoms with van der Waals surface area (Å²) in [5.41, 5.74) is 0.783. The number of likely N-dealkylation sites (N-methyl/N-ethyl adjacent to an activating group) is 1. The summed E-state index contributed by atoms with van der Waals surface area (Å²) in [4.78, 5) is 14.6. The van der Waals surface area contributed by atoms with E-state index in [0.29, 0.717) is 17.8 Å². The maximum Gasteiger partial charge on any atom is 0.271 e. The fourth-order valence-electron chi connectivity index (χ4n) is 2.66. The van der Waals surface area contributed by atoms with Gasteiger partial charge in [0.1, 0.15) is 4.21 Å². The Kier molecular flexibility index (Phi) is 7.19. The molecule has 0 bridgehead atoms. The minimum absolute atomic E-state index is 0.221. The van der Waals surface area contributed by atoms with Crippen LogP contribution in [0.5, 0.6) is 0 Å². The molecule has 2 N–H and O–H groups in total. The predicted molar refractivity (Wildman–Crippen MR) is 106 cm³/mol. The summed E-state index contributed by atoms with van der Waals surface area (Å²) in [5.74, 6) is -0.221. The van der Waals surface area contributed by atoms with Gasteiger partial charge in [0, 0.05) is 23.8 Å². The van der Waals surface area contributed by atoms with E-state index in [9.17, 15) is 13.2 Å². The number of anilines is 1. The second-order valence-corrected chi connectivity index (χ2v) is 8.76. The van der Waals surface area contributed by atoms with Gasteiger partial charge in [-0.25, -0.2) is 8.42 Å². The minimum Gasteiger partial charge on any atom is -0.350 e. The van der Waals surface area contributed by atoms with Crippen molar-refractivity contribution in [1.82, 2.24) is 10.2 Å². The Labute approximate surface area is 159 Å². The van der Waals surface area contributed by atoms with Crippen LogP contribution in [-0.4, -0.2) is 44.9 Å². The first-order valence-electron chi connectivity index (χ1n) is 8.56. The second kappa shape index (κ2) is 9.16. The molecular formula is C18H25N3O3S2. The highest BCUT2D eigenvalue weighted by atomic mass is 32.2. The number of nitrogens with one attached hydrogen (secondary N) is 2. The Balaban J connectivity index is 2.03. The van der Waals surface area contributed by atoms with Crippen LogP contribution < -0.4 is 10.0 Å². The number of thiophene rings is 1. The smallest absolute Gasteiger partial charge is 0.271 e. The van der Waals surface area contributed by atoms with Gasteiger partial charge in [0.2, 0.25) is 0 Å². The molecule has 0 spiro atoms. The lowest BCUT2D eigenvalue weighted by molar-refractivity contribution is 0.0938. The van der Waals surface area contributed by atoms with Crippen molar-refractivity contribution >= 4 is 33.0 Å². The Morgan fingerprint density at radius 3 is 2.54 bits per heavy atom. The van der Waals surface area contributed by atoms with Crippen molar-refractivity contribution < 1.29 is 13.2 Å². The van der Waals surface area contributed by atoms with E-state index in [4.69, 9.17) is 0 Å². The van der Waals surface area contributed by atoms with Crippen molar-refractivity contribution in [3.63, 3.8) is 0 Å². The van der Waals surface area contributed by atoms with Crippen LogP contribution in [0.2, 0.25) is 0 Å². The molecular weight excluding hydrogens is 370 g/mol. The third kappa shape index (κ3) is 5.30. The molecule has 1 amide bonds. The van der Waals surface area contributed by atoms with Crippen LogP contribution in [0, 0.1) is 0 Å². The van der Waals surface area contributed by atoms with Gasteiger partial charge in [-0.1, -0.05) is 26.0 Å². The molecule has 1 aromatic carbocycles. The maximum absolute atomic E-state index is 12.4. The van der Waals surface area contributed by atoms with Gasteiger partial charge in [0.05, 0.1) is 0 Å². The molecule has 2 rings (SSSR count). The number of amides is 1. The first kappa shape index (κ1) is 20.4. The lowest BCUT2D eigenvalue weighted by Gasteiger charge is -2.26. The molecule has 0 fully saturated rings. The van der Waals surface area contributed by atoms with E-state index >= 15 is 0 Å². The Bertz CT molecular complexity index is 816. The Hall–Kier alpha value is -1.90. The summed E-state index contributed by atoms with van der Waals surface area (Å²) in [6, 6.07) is 9.95. The lowest BCUT2D eigenvalue weighted by atomic mass is 10.2. The van der Waals surface area contributed by atoms with E-state index in [2.05, 4.69) is 35.7 Å². The van der Waals surface area contributed by atoms with Crippen molar-refractivity contribution in [3.05, 3.63) is 47.3 Å². The van der Waals surface area contributed by atoms with Gasteiger partial charge in [-0.2, -0.15) is 0 Å². The molecule has 0 aliphatic heterocycles. The number of carbonyl (C=O) groups excluding carboxylic acids is 1. The first-order valence-corrected chi connectivity index (χ1v) is 10.9. The molecule has 6 nitrogen and oxygen atoms in total. The number of benzene rings is 1. The fourth-order valence-corrected chi connectivity index (χ4v) is 4.71. The second-order valence-electron chi connectivity index (χ2n) is 5.90. The van der Waals surface area contributed by atoms with Crippen molar-refractivity contribution in [2.24, 2.45) is 0 Å². The van der Waals surface area contributed by atoms with Crippen LogP contribution in [0.15, 0.2) is 46.0 Å². The molecule has 0 aliphatic carbocycles. The molecule has 26 heavy (non-hydrogen) atoms. The molecule has 0 saturated heterocycles. The topological polar surface area (TPSA) is 78.5 Å². The van der Waals surface area contributed by atoms with Gasteiger partial charge in [0.15, 0.2) is 0 Å². The quantitative estimate of drug-likeness (QED) is 0.684. The number of nitrogens with zero attached hydrogens (tertiary/aromatic N) is 1. The van der Waals surface area contributed by atoms with E-state index in [1.54, 1.807) is 35.7 Å². The summed E-state index contributed by atoms with van der Waals surface area (Å²) in [6.07, 6.45) is 0. The van der Waals surface area contributed by atoms with Crippen LogP contribution in [0.1, 0.15) is 31.1 Å². The summed E-state index contributed by atoms with van der Waals surface area (Å²) in [6.45, 7) is 8.63. The fraction of sp³-hybridized carbons (Fsp3) is 0.389. The van der Waals surface area contributed by atoms with Crippen LogP contribution in [-0.2, 0) is 10.0 Å². The molecule has 0 aliphatic rings. The largest absolute Gasteiger partial charge is 0.350 e. The van der Waals surface area contributed by atoms with E-state index in [0.717, 1.165) is 24.4 Å². The normalized spacial score (nSPS) is 12.8. The number of rotatable bonds is 9. The van der Waals surface area contributed by atoms with E-state index in [1.807, 2.05) is 0 Å². The van der Waals surface area contributed by atoms with E-state index < -0.39 is 10.0 Å². The van der Waals surface area contributed by atoms with Gasteiger partial charge < -0.3 is 5.32 Å². The monoisotopic (exact) mass is 395 g/mol. The zero-order valence-corrected chi connectivity index (χ0v) is 16.9. The molecule has 142 valence electrons. The van der Waals surface area contributed by atoms with Crippen LogP contribution in [0.3, 0.4) is 0 Å². The van der Waals surface area contributed by atoms with Crippen molar-refractivity contribution in [2.45, 2.75) is 31.0 Å². The SMILES string of the molecule is CCN(CC)C(C)CNC(=O)c1cccc(NS(=O)(=O)c2cccs2)c1. The van der Waals surface area contributed by atoms with E-state index in [-0.39, 0.29) is 16.2 Å². The summed E-state index contributed by atoms with van der Waals surface area (Å²) in [7, 11) is -3.63. The molecule has 1 unspecified atom stereocenters. The standard InChI is InChI=1S/C18H25N3O3S2/c1-4-21(5-2)14(3)13-19-18(22)15-8-6-9-16(12-15)20-26(23,24)17-10-7-11-25-17/h6-12,14,20H,4-5,13H2,1-3H3,(H,19,22). The van der Waals surface area contributed by atoms with Gasteiger partial charge >= 0.3 is 0 Å². The zero-order chi connectivity index (χ0) is 19.2. The minimum atomic E-state index is -3.63. The number of hydrogen-bond donors (Lipinski definition) is 2. The third-order valence-corrected chi connectivity index (χ3v) is 6.91. The van der Waals surface area contributed by atoms with Gasteiger partial charge in [0.25, 0.3) is 15.9 Å². The average Bonchev–Trinajstić information content (AvgIpc) is 3.16. The molecule has 1 aromatic heterocycles. The molecule has 1 atom stereocenters. The highest BCUT2D eigenvalue weighted by molar-refractivity contribution is 7.94. The Morgan fingerprint density at radius 1 is 1.19 bits per heavy atom. The van der Waals surface area contributed by atoms with Gasteiger partial charge in [-0.3, -0.25) is 14.4 Å². The summed E-state index contributed by atoms with van der Waals surface area (Å²) < 4.78 is 27.3. The molecule has 8 heteroatoms. The summed E-state index contributed by atoms with van der Waals surface area (Å²) >= 11 is 1.14. The van der Waals surface area contributed by atoms with Crippen molar-refractivity contribution in [3.8, 4) is 0 Å². The van der Waals surface area contributed by atoms with Crippen LogP contribution >= 0.6 is 11.3 Å². The maximum atomic E-state index is 12.4. The number of carbonyl (C=O) groups is 1. The highest BCUT2D eigenvalue weighted by Crippen LogP contribution is 2.20. The number of hydrogen-bond acceptors (Lipinski definition) is 5. The first-order chi connectivity index (χ1) is 12.4. The van der Waals surface area contributed by atoms with E-state index in [1.165, 1.54) is 6.07 Å². The third-order valence-electron chi connectivity index (χ3n) is 4.13. The highest BCUT2D eigenvalue weighted by Gasteiger charge is 2.16. The molecule has 2 aromatic rings. The molecule has 0 radical (unpaired) electrons. The van der Waals surface area contributed by atoms with Crippen LogP contribution in [0.25, 0.3) is 0 Å². The molecule has 1 heterocycles. The molecule has 0 saturated carbocycles. The average molecular weight is 396 g/mol. The van der Waals surface area contributed by atoms with Crippen molar-refractivity contribution in [2.75, 3.05) is 24.4 Å². The lowest BCUT2D eigenvalue weighted by Crippen LogP contribution is -2.42.